The van der Waals surface area contributed by atoms with Crippen LogP contribution >= 0.6 is 0 Å². The second kappa shape index (κ2) is 15.4. The summed E-state index contributed by atoms with van der Waals surface area (Å²) >= 11 is 0. The number of amides is 2. The molecule has 2 amide bonds. The van der Waals surface area contributed by atoms with Gasteiger partial charge in [0.05, 0.1) is 5.56 Å². The van der Waals surface area contributed by atoms with Gasteiger partial charge in [-0.05, 0) is 38.8 Å². The molecule has 0 aliphatic carbocycles. The van der Waals surface area contributed by atoms with Crippen molar-refractivity contribution in [2.24, 2.45) is 5.73 Å². The standard InChI is InChI=1S/C24H39N3O4/c1-4-12-19(2)27(3)24(30)23-20(17-28)13-11-14-21(23)31-18-22(29)26-16-10-8-6-5-7-9-15-25/h11,13-14,17,19H,4-10,12,15-16,18,25H2,1-3H3,(H,26,29). The van der Waals surface area contributed by atoms with Crippen LogP contribution in [0.5, 0.6) is 5.75 Å². The smallest absolute Gasteiger partial charge is 0.258 e. The maximum absolute atomic E-state index is 13.0. The Morgan fingerprint density at radius 1 is 1.16 bits per heavy atom. The lowest BCUT2D eigenvalue weighted by atomic mass is 10.0. The summed E-state index contributed by atoms with van der Waals surface area (Å²) in [4.78, 5) is 38.3. The van der Waals surface area contributed by atoms with Crippen molar-refractivity contribution in [1.82, 2.24) is 10.2 Å². The lowest BCUT2D eigenvalue weighted by Gasteiger charge is -2.26. The number of rotatable bonds is 16. The molecule has 0 aliphatic heterocycles. The third kappa shape index (κ3) is 9.51. The number of hydrogen-bond donors (Lipinski definition) is 2. The summed E-state index contributed by atoms with van der Waals surface area (Å²) in [7, 11) is 1.72. The van der Waals surface area contributed by atoms with Crippen molar-refractivity contribution in [2.45, 2.75) is 71.3 Å². The molecule has 0 saturated heterocycles. The van der Waals surface area contributed by atoms with Crippen molar-refractivity contribution in [1.29, 1.82) is 0 Å². The molecule has 174 valence electrons. The molecule has 0 aliphatic rings. The molecule has 1 aromatic carbocycles. The number of carbonyl (C=O) groups is 3. The van der Waals surface area contributed by atoms with Crippen LogP contribution in [-0.4, -0.2) is 55.8 Å². The Kier molecular flexibility index (Phi) is 13.2. The first-order valence-electron chi connectivity index (χ1n) is 11.4. The summed E-state index contributed by atoms with van der Waals surface area (Å²) in [6.07, 6.45) is 8.96. The van der Waals surface area contributed by atoms with Gasteiger partial charge < -0.3 is 20.7 Å². The molecule has 1 atom stereocenters. The zero-order chi connectivity index (χ0) is 23.1. The lowest BCUT2D eigenvalue weighted by Crippen LogP contribution is -2.36. The molecule has 7 heteroatoms. The monoisotopic (exact) mass is 433 g/mol. The fraction of sp³-hybridized carbons (Fsp3) is 0.625. The number of nitrogens with zero attached hydrogens (tertiary/aromatic N) is 1. The van der Waals surface area contributed by atoms with Gasteiger partial charge in [-0.1, -0.05) is 51.2 Å². The number of unbranched alkanes of at least 4 members (excludes halogenated alkanes) is 5. The second-order valence-electron chi connectivity index (χ2n) is 7.94. The summed E-state index contributed by atoms with van der Waals surface area (Å²) in [5.41, 5.74) is 5.94. The van der Waals surface area contributed by atoms with Gasteiger partial charge >= 0.3 is 0 Å². The molecule has 1 aromatic rings. The number of aldehydes is 1. The highest BCUT2D eigenvalue weighted by Crippen LogP contribution is 2.24. The van der Waals surface area contributed by atoms with Crippen molar-refractivity contribution in [3.8, 4) is 5.75 Å². The molecule has 0 heterocycles. The Morgan fingerprint density at radius 3 is 2.48 bits per heavy atom. The summed E-state index contributed by atoms with van der Waals surface area (Å²) in [6, 6.07) is 4.88. The summed E-state index contributed by atoms with van der Waals surface area (Å²) in [6.45, 7) is 5.16. The zero-order valence-electron chi connectivity index (χ0n) is 19.3. The van der Waals surface area contributed by atoms with E-state index in [4.69, 9.17) is 10.5 Å². The highest BCUT2D eigenvalue weighted by Gasteiger charge is 2.24. The molecule has 3 N–H and O–H groups in total. The summed E-state index contributed by atoms with van der Waals surface area (Å²) in [5, 5.41) is 2.84. The highest BCUT2D eigenvalue weighted by molar-refractivity contribution is 6.04. The van der Waals surface area contributed by atoms with Gasteiger partial charge in [0.1, 0.15) is 5.75 Å². The van der Waals surface area contributed by atoms with Crippen LogP contribution in [0.2, 0.25) is 0 Å². The van der Waals surface area contributed by atoms with Crippen LogP contribution in [0.3, 0.4) is 0 Å². The summed E-state index contributed by atoms with van der Waals surface area (Å²) < 4.78 is 5.64. The van der Waals surface area contributed by atoms with Crippen LogP contribution in [0.25, 0.3) is 0 Å². The number of benzene rings is 1. The Morgan fingerprint density at radius 2 is 1.84 bits per heavy atom. The molecule has 0 fully saturated rings. The summed E-state index contributed by atoms with van der Waals surface area (Å²) in [5.74, 6) is -0.278. The van der Waals surface area contributed by atoms with E-state index in [0.29, 0.717) is 12.8 Å². The van der Waals surface area contributed by atoms with Crippen molar-refractivity contribution < 1.29 is 19.1 Å². The Labute approximate surface area is 186 Å². The fourth-order valence-corrected chi connectivity index (χ4v) is 3.38. The third-order valence-corrected chi connectivity index (χ3v) is 5.40. The van der Waals surface area contributed by atoms with Gasteiger partial charge in [-0.3, -0.25) is 14.4 Å². The number of nitrogens with two attached hydrogens (primary N) is 1. The lowest BCUT2D eigenvalue weighted by molar-refractivity contribution is -0.123. The molecule has 31 heavy (non-hydrogen) atoms. The number of ether oxygens (including phenoxy) is 1. The van der Waals surface area contributed by atoms with E-state index in [1.54, 1.807) is 30.1 Å². The Bertz CT molecular complexity index is 693. The van der Waals surface area contributed by atoms with Gasteiger partial charge in [0, 0.05) is 25.2 Å². The van der Waals surface area contributed by atoms with Gasteiger partial charge in [0.2, 0.25) is 0 Å². The molecular formula is C24H39N3O4. The average molecular weight is 434 g/mol. The van der Waals surface area contributed by atoms with Crippen LogP contribution in [0, 0.1) is 0 Å². The fourth-order valence-electron chi connectivity index (χ4n) is 3.38. The maximum atomic E-state index is 13.0. The number of hydrogen-bond acceptors (Lipinski definition) is 5. The highest BCUT2D eigenvalue weighted by atomic mass is 16.5. The van der Waals surface area contributed by atoms with Crippen LogP contribution in [0.4, 0.5) is 0 Å². The molecule has 1 unspecified atom stereocenters. The van der Waals surface area contributed by atoms with Crippen molar-refractivity contribution in [3.63, 3.8) is 0 Å². The first-order valence-corrected chi connectivity index (χ1v) is 11.4. The van der Waals surface area contributed by atoms with Crippen LogP contribution < -0.4 is 15.8 Å². The van der Waals surface area contributed by atoms with Gasteiger partial charge in [0.15, 0.2) is 12.9 Å². The average Bonchev–Trinajstić information content (AvgIpc) is 2.78. The van der Waals surface area contributed by atoms with E-state index in [2.05, 4.69) is 12.2 Å². The van der Waals surface area contributed by atoms with E-state index in [-0.39, 0.29) is 41.3 Å². The van der Waals surface area contributed by atoms with E-state index in [1.165, 1.54) is 6.42 Å². The van der Waals surface area contributed by atoms with Crippen molar-refractivity contribution >= 4 is 18.1 Å². The molecule has 1 rings (SSSR count). The first kappa shape index (κ1) is 26.6. The van der Waals surface area contributed by atoms with Crippen LogP contribution in [-0.2, 0) is 4.79 Å². The predicted octanol–water partition coefficient (Wildman–Crippen LogP) is 3.55. The van der Waals surface area contributed by atoms with Crippen LogP contribution in [0.1, 0.15) is 85.9 Å². The molecular weight excluding hydrogens is 394 g/mol. The van der Waals surface area contributed by atoms with E-state index in [0.717, 1.165) is 51.5 Å². The second-order valence-corrected chi connectivity index (χ2v) is 7.94. The van der Waals surface area contributed by atoms with Gasteiger partial charge in [-0.25, -0.2) is 0 Å². The van der Waals surface area contributed by atoms with Gasteiger partial charge in [-0.15, -0.1) is 0 Å². The Hall–Kier alpha value is -2.41. The molecule has 0 radical (unpaired) electrons. The number of carbonyl (C=O) groups excluding carboxylic acids is 3. The minimum absolute atomic E-state index is 0.0312. The molecule has 0 saturated carbocycles. The largest absolute Gasteiger partial charge is 0.483 e. The van der Waals surface area contributed by atoms with E-state index >= 15 is 0 Å². The zero-order valence-corrected chi connectivity index (χ0v) is 19.3. The van der Waals surface area contributed by atoms with Crippen molar-refractivity contribution in [3.05, 3.63) is 29.3 Å². The predicted molar refractivity (Wildman–Crippen MR) is 124 cm³/mol. The van der Waals surface area contributed by atoms with E-state index < -0.39 is 0 Å². The van der Waals surface area contributed by atoms with E-state index in [9.17, 15) is 14.4 Å². The first-order chi connectivity index (χ1) is 15.0. The topological polar surface area (TPSA) is 102 Å². The quantitative estimate of drug-likeness (QED) is 0.307. The van der Waals surface area contributed by atoms with Gasteiger partial charge in [0.25, 0.3) is 11.8 Å². The van der Waals surface area contributed by atoms with Crippen molar-refractivity contribution in [2.75, 3.05) is 26.7 Å². The number of nitrogens with one attached hydrogen (secondary N) is 1. The molecule has 0 spiro atoms. The minimum Gasteiger partial charge on any atom is -0.483 e. The normalized spacial score (nSPS) is 11.6. The van der Waals surface area contributed by atoms with Crippen LogP contribution in [0.15, 0.2) is 18.2 Å². The third-order valence-electron chi connectivity index (χ3n) is 5.40. The maximum Gasteiger partial charge on any atom is 0.258 e. The molecule has 0 bridgehead atoms. The SMILES string of the molecule is CCCC(C)N(C)C(=O)c1c(C=O)cccc1OCC(=O)NCCCCCCCCN. The van der Waals surface area contributed by atoms with Gasteiger partial charge in [-0.2, -0.15) is 0 Å². The Balaban J connectivity index is 2.60. The molecule has 0 aromatic heterocycles. The van der Waals surface area contributed by atoms with E-state index in [1.807, 2.05) is 6.92 Å². The molecule has 7 nitrogen and oxygen atoms in total. The minimum atomic E-state index is -0.284.